The zero-order valence-electron chi connectivity index (χ0n) is 17.7. The van der Waals surface area contributed by atoms with E-state index >= 15 is 0 Å². The molecule has 0 spiro atoms. The van der Waals surface area contributed by atoms with Gasteiger partial charge in [0.05, 0.1) is 12.7 Å². The maximum atomic E-state index is 13.1. The predicted octanol–water partition coefficient (Wildman–Crippen LogP) is 5.33. The molecule has 4 nitrogen and oxygen atoms in total. The van der Waals surface area contributed by atoms with Crippen molar-refractivity contribution in [3.63, 3.8) is 0 Å². The number of rotatable bonds is 4. The number of carbonyl (C=O) groups excluding carboxylic acids is 1. The summed E-state index contributed by atoms with van der Waals surface area (Å²) in [4.78, 5) is 13.1. The lowest BCUT2D eigenvalue weighted by Crippen LogP contribution is -2.31. The number of hydrogen-bond acceptors (Lipinski definition) is 3. The minimum Gasteiger partial charge on any atom is -0.496 e. The lowest BCUT2D eigenvalue weighted by Gasteiger charge is -2.26. The molecule has 0 unspecified atom stereocenters. The molecule has 2 aromatic rings. The Morgan fingerprint density at radius 2 is 1.68 bits per heavy atom. The number of nitriles is 1. The van der Waals surface area contributed by atoms with E-state index in [9.17, 15) is 10.1 Å². The Bertz CT molecular complexity index is 953. The average Bonchev–Trinajstić information content (AvgIpc) is 2.60. The number of ether oxygens (including phenoxy) is 1. The molecule has 0 atom stereocenters. The van der Waals surface area contributed by atoms with Gasteiger partial charge in [-0.2, -0.15) is 5.26 Å². The van der Waals surface area contributed by atoms with Crippen LogP contribution < -0.4 is 10.1 Å². The minimum atomic E-state index is -0.425. The van der Waals surface area contributed by atoms with Crippen molar-refractivity contribution >= 4 is 11.5 Å². The van der Waals surface area contributed by atoms with Gasteiger partial charge in [0.1, 0.15) is 11.8 Å². The van der Waals surface area contributed by atoms with Crippen molar-refractivity contribution in [2.45, 2.75) is 41.5 Å². The molecule has 0 fully saturated rings. The van der Waals surface area contributed by atoms with Gasteiger partial charge in [-0.25, -0.2) is 0 Å². The number of nitrogens with one attached hydrogen (secondary N) is 1. The topological polar surface area (TPSA) is 62.1 Å². The average molecular weight is 377 g/mol. The van der Waals surface area contributed by atoms with Gasteiger partial charge >= 0.3 is 0 Å². The Morgan fingerprint density at radius 3 is 2.18 bits per heavy atom. The molecule has 28 heavy (non-hydrogen) atoms. The van der Waals surface area contributed by atoms with Crippen molar-refractivity contribution in [1.29, 1.82) is 5.26 Å². The van der Waals surface area contributed by atoms with Crippen LogP contribution in [0, 0.1) is 37.5 Å². The zero-order valence-corrected chi connectivity index (χ0v) is 17.7. The normalized spacial score (nSPS) is 12.1. The van der Waals surface area contributed by atoms with Gasteiger partial charge in [0, 0.05) is 22.2 Å². The number of carbonyl (C=O) groups is 1. The molecule has 0 saturated heterocycles. The van der Waals surface area contributed by atoms with Gasteiger partial charge in [0.15, 0.2) is 0 Å². The number of hydrogen-bond donors (Lipinski definition) is 1. The first-order chi connectivity index (χ1) is 13.1. The molecule has 0 aliphatic carbocycles. The van der Waals surface area contributed by atoms with Gasteiger partial charge in [-0.05, 0) is 38.5 Å². The van der Waals surface area contributed by atoms with Crippen LogP contribution in [0.25, 0.3) is 5.57 Å². The molecule has 4 heteroatoms. The van der Waals surface area contributed by atoms with Crippen LogP contribution in [0.3, 0.4) is 0 Å². The molecule has 0 saturated carbocycles. The van der Waals surface area contributed by atoms with E-state index in [0.717, 1.165) is 22.3 Å². The highest BCUT2D eigenvalue weighted by atomic mass is 16.5. The number of aryl methyl sites for hydroxylation is 2. The highest BCUT2D eigenvalue weighted by Crippen LogP contribution is 2.32. The molecular weight excluding hydrogens is 348 g/mol. The van der Waals surface area contributed by atoms with E-state index in [1.807, 2.05) is 59.7 Å². The highest BCUT2D eigenvalue weighted by Gasteiger charge is 2.26. The molecule has 0 aliphatic heterocycles. The van der Waals surface area contributed by atoms with Crippen LogP contribution in [-0.4, -0.2) is 13.0 Å². The van der Waals surface area contributed by atoms with Gasteiger partial charge in [-0.15, -0.1) is 0 Å². The quantitative estimate of drug-likeness (QED) is 0.734. The van der Waals surface area contributed by atoms with Crippen LogP contribution >= 0.6 is 0 Å². The third-order valence-electron chi connectivity index (χ3n) is 4.61. The lowest BCUT2D eigenvalue weighted by molar-refractivity contribution is 0.0957. The van der Waals surface area contributed by atoms with Crippen molar-refractivity contribution in [3.8, 4) is 11.8 Å². The Hall–Kier alpha value is -3.06. The van der Waals surface area contributed by atoms with Crippen LogP contribution in [-0.2, 0) is 0 Å². The van der Waals surface area contributed by atoms with Gasteiger partial charge in [-0.1, -0.05) is 56.2 Å². The zero-order chi connectivity index (χ0) is 21.1. The van der Waals surface area contributed by atoms with Crippen molar-refractivity contribution in [3.05, 3.63) is 69.9 Å². The van der Waals surface area contributed by atoms with Crippen LogP contribution in [0.2, 0.25) is 0 Å². The smallest absolute Gasteiger partial charge is 0.255 e. The first-order valence-electron chi connectivity index (χ1n) is 9.27. The molecule has 2 rings (SSSR count). The highest BCUT2D eigenvalue weighted by molar-refractivity contribution is 5.99. The molecule has 2 aromatic carbocycles. The van der Waals surface area contributed by atoms with E-state index in [4.69, 9.17) is 4.74 Å². The Labute approximate surface area is 167 Å². The first kappa shape index (κ1) is 21.2. The van der Waals surface area contributed by atoms with Gasteiger partial charge < -0.3 is 10.1 Å². The summed E-state index contributed by atoms with van der Waals surface area (Å²) in [5.41, 5.74) is 4.91. The second-order valence-electron chi connectivity index (χ2n) is 8.08. The molecule has 0 radical (unpaired) electrons. The fourth-order valence-electron chi connectivity index (χ4n) is 3.27. The molecule has 0 aliphatic rings. The van der Waals surface area contributed by atoms with Crippen LogP contribution in [0.1, 0.15) is 53.4 Å². The Kier molecular flexibility index (Phi) is 6.30. The third kappa shape index (κ3) is 4.61. The van der Waals surface area contributed by atoms with Crippen molar-refractivity contribution in [1.82, 2.24) is 5.32 Å². The fourth-order valence-corrected chi connectivity index (χ4v) is 3.27. The summed E-state index contributed by atoms with van der Waals surface area (Å²) < 4.78 is 5.33. The van der Waals surface area contributed by atoms with E-state index in [-0.39, 0.29) is 5.91 Å². The monoisotopic (exact) mass is 376 g/mol. The second kappa shape index (κ2) is 8.31. The van der Waals surface area contributed by atoms with Gasteiger partial charge in [0.2, 0.25) is 0 Å². The maximum absolute atomic E-state index is 13.1. The SMILES string of the molecule is COc1cccc(C(=O)N/C(=C(/C#N)c2cc(C)cc(C)c2)C(C)(C)C)c1C. The largest absolute Gasteiger partial charge is 0.496 e. The van der Waals surface area contributed by atoms with E-state index in [0.29, 0.717) is 22.6 Å². The number of nitrogens with zero attached hydrogens (tertiary/aromatic N) is 1. The first-order valence-corrected chi connectivity index (χ1v) is 9.27. The summed E-state index contributed by atoms with van der Waals surface area (Å²) in [5, 5.41) is 13.0. The van der Waals surface area contributed by atoms with E-state index in [1.165, 1.54) is 0 Å². The molecule has 1 amide bonds. The van der Waals surface area contributed by atoms with Crippen LogP contribution in [0.4, 0.5) is 0 Å². The lowest BCUT2D eigenvalue weighted by atomic mass is 9.86. The minimum absolute atomic E-state index is 0.251. The summed E-state index contributed by atoms with van der Waals surface area (Å²) >= 11 is 0. The standard InChI is InChI=1S/C24H28N2O2/c1-15-11-16(2)13-18(12-15)20(14-25)22(24(4,5)6)26-23(27)19-9-8-10-21(28-7)17(19)3/h8-13H,1-7H3,(H,26,27)/b22-20-. The fraction of sp³-hybridized carbons (Fsp3) is 0.333. The van der Waals surface area contributed by atoms with Crippen molar-refractivity contribution < 1.29 is 9.53 Å². The summed E-state index contributed by atoms with van der Waals surface area (Å²) in [6, 6.07) is 13.7. The molecule has 0 bridgehead atoms. The summed E-state index contributed by atoms with van der Waals surface area (Å²) in [7, 11) is 1.58. The van der Waals surface area contributed by atoms with E-state index < -0.39 is 5.41 Å². The molecule has 0 heterocycles. The van der Waals surface area contributed by atoms with Crippen molar-refractivity contribution in [2.75, 3.05) is 7.11 Å². The third-order valence-corrected chi connectivity index (χ3v) is 4.61. The summed E-state index contributed by atoms with van der Waals surface area (Å²) in [6.07, 6.45) is 0. The number of amides is 1. The number of methoxy groups -OCH3 is 1. The Morgan fingerprint density at radius 1 is 1.07 bits per heavy atom. The molecule has 146 valence electrons. The Balaban J connectivity index is 2.59. The molecule has 1 N–H and O–H groups in total. The van der Waals surface area contributed by atoms with Crippen LogP contribution in [0.5, 0.6) is 5.75 Å². The summed E-state index contributed by atoms with van der Waals surface area (Å²) in [5.74, 6) is 0.405. The van der Waals surface area contributed by atoms with Gasteiger partial charge in [0.25, 0.3) is 5.91 Å². The number of benzene rings is 2. The van der Waals surface area contributed by atoms with Gasteiger partial charge in [-0.3, -0.25) is 4.79 Å². The van der Waals surface area contributed by atoms with E-state index in [1.54, 1.807) is 19.2 Å². The number of allylic oxidation sites excluding steroid dienone is 2. The van der Waals surface area contributed by atoms with Crippen molar-refractivity contribution in [2.24, 2.45) is 5.41 Å². The molecular formula is C24H28N2O2. The van der Waals surface area contributed by atoms with E-state index in [2.05, 4.69) is 17.5 Å². The molecule has 0 aromatic heterocycles. The maximum Gasteiger partial charge on any atom is 0.255 e. The second-order valence-corrected chi connectivity index (χ2v) is 8.08. The summed E-state index contributed by atoms with van der Waals surface area (Å²) in [6.45, 7) is 11.8. The predicted molar refractivity (Wildman–Crippen MR) is 113 cm³/mol. The van der Waals surface area contributed by atoms with Crippen LogP contribution in [0.15, 0.2) is 42.1 Å².